The minimum absolute atomic E-state index is 0.233. The van der Waals surface area contributed by atoms with Gasteiger partial charge in [-0.15, -0.1) is 0 Å². The molecule has 0 saturated carbocycles. The van der Waals surface area contributed by atoms with Gasteiger partial charge in [-0.3, -0.25) is 4.79 Å². The van der Waals surface area contributed by atoms with Gasteiger partial charge in [0.05, 0.1) is 38.6 Å². The van der Waals surface area contributed by atoms with Gasteiger partial charge in [-0.05, 0) is 70.6 Å². The molecule has 3 heterocycles. The van der Waals surface area contributed by atoms with Gasteiger partial charge >= 0.3 is 0 Å². The van der Waals surface area contributed by atoms with Gasteiger partial charge in [-0.2, -0.15) is 0 Å². The third-order valence-corrected chi connectivity index (χ3v) is 20.3. The second kappa shape index (κ2) is 61.9. The van der Waals surface area contributed by atoms with Crippen LogP contribution >= 0.6 is 0 Å². The van der Waals surface area contributed by atoms with Crippen LogP contribution in [0.2, 0.25) is 0 Å². The van der Waals surface area contributed by atoms with E-state index < -0.39 is 124 Å². The molecule has 19 nitrogen and oxygen atoms in total. The number of hydrogen-bond donors (Lipinski definition) is 12. The van der Waals surface area contributed by atoms with E-state index in [1.165, 1.54) is 250 Å². The highest BCUT2D eigenvalue weighted by atomic mass is 16.8. The summed E-state index contributed by atoms with van der Waals surface area (Å²) in [5.74, 6) is -0.286. The van der Waals surface area contributed by atoms with Crippen LogP contribution in [-0.2, 0) is 33.2 Å². The topological polar surface area (TPSA) is 307 Å². The lowest BCUT2D eigenvalue weighted by Crippen LogP contribution is -2.66. The van der Waals surface area contributed by atoms with E-state index in [9.17, 15) is 61.0 Å². The number of aliphatic hydroxyl groups is 11. The molecule has 3 fully saturated rings. The Kier molecular flexibility index (Phi) is 56.9. The van der Waals surface area contributed by atoms with Gasteiger partial charge in [-0.1, -0.05) is 300 Å². The summed E-state index contributed by atoms with van der Waals surface area (Å²) in [4.78, 5) is 13.5. The molecule has 12 N–H and O–H groups in total. The van der Waals surface area contributed by atoms with E-state index in [1.807, 2.05) is 6.08 Å². The normalized spacial score (nSPS) is 26.7. The number of amides is 1. The number of ether oxygens (including phenoxy) is 6. The second-order valence-corrected chi connectivity index (χ2v) is 29.2. The van der Waals surface area contributed by atoms with Crippen LogP contribution in [0.15, 0.2) is 48.6 Å². The van der Waals surface area contributed by atoms with Crippen molar-refractivity contribution in [1.29, 1.82) is 0 Å². The van der Waals surface area contributed by atoms with Gasteiger partial charge in [0.2, 0.25) is 5.91 Å². The molecule has 17 unspecified atom stereocenters. The lowest BCUT2D eigenvalue weighted by molar-refractivity contribution is -0.379. The molecule has 3 aliphatic rings. The van der Waals surface area contributed by atoms with E-state index in [1.54, 1.807) is 6.08 Å². The molecule has 0 aromatic rings. The predicted molar refractivity (Wildman–Crippen MR) is 397 cm³/mol. The molecule has 0 bridgehead atoms. The minimum Gasteiger partial charge on any atom is -0.394 e. The zero-order chi connectivity index (χ0) is 72.5. The van der Waals surface area contributed by atoms with Crippen LogP contribution in [0.1, 0.15) is 328 Å². The zero-order valence-electron chi connectivity index (χ0n) is 62.7. The SMILES string of the molecule is CCCCCCCCCC/C=C\CCCCCCCCCCCCCCCC(=O)NC(COC1OC(CO)C(OC2OC(CO)C(OC3OC(CO)C(O)C(O)C3O)C(O)C2O)C(O)C1O)C(O)/C=C/CC/C=C/CC/C=C/CCCCCCCCCCCCCCCCCCCCCC. The molecule has 3 rings (SSSR count). The van der Waals surface area contributed by atoms with Crippen LogP contribution in [0, 0.1) is 0 Å². The number of nitrogens with one attached hydrogen (secondary N) is 1. The van der Waals surface area contributed by atoms with Gasteiger partial charge in [0.15, 0.2) is 18.9 Å². The fourth-order valence-corrected chi connectivity index (χ4v) is 13.8. The van der Waals surface area contributed by atoms with Crippen LogP contribution in [0.25, 0.3) is 0 Å². The molecule has 0 aromatic carbocycles. The summed E-state index contributed by atoms with van der Waals surface area (Å²) < 4.78 is 34.4. The monoisotopic (exact) mass is 1420 g/mol. The summed E-state index contributed by atoms with van der Waals surface area (Å²) in [7, 11) is 0. The summed E-state index contributed by atoms with van der Waals surface area (Å²) >= 11 is 0. The molecule has 0 spiro atoms. The number of allylic oxidation sites excluding steroid dienone is 7. The van der Waals surface area contributed by atoms with Crippen LogP contribution in [0.5, 0.6) is 0 Å². The van der Waals surface area contributed by atoms with Gasteiger partial charge in [-0.25, -0.2) is 0 Å². The molecule has 1 amide bonds. The molecular weight excluding hydrogens is 1270 g/mol. The first-order valence-electron chi connectivity index (χ1n) is 40.9. The van der Waals surface area contributed by atoms with Crippen LogP contribution < -0.4 is 5.32 Å². The van der Waals surface area contributed by atoms with E-state index in [2.05, 4.69) is 55.6 Å². The summed E-state index contributed by atoms with van der Waals surface area (Å²) in [5.41, 5.74) is 0. The van der Waals surface area contributed by atoms with E-state index in [-0.39, 0.29) is 18.9 Å². The third kappa shape index (κ3) is 41.6. The van der Waals surface area contributed by atoms with Crippen LogP contribution in [-0.4, -0.2) is 193 Å². The molecule has 19 heteroatoms. The number of unbranched alkanes of at least 4 members (excludes halogenated alkanes) is 43. The molecule has 100 heavy (non-hydrogen) atoms. The number of rotatable bonds is 65. The first-order chi connectivity index (χ1) is 48.8. The average molecular weight is 1430 g/mol. The van der Waals surface area contributed by atoms with Crippen molar-refractivity contribution in [2.45, 2.75) is 433 Å². The molecule has 17 atom stereocenters. The third-order valence-electron chi connectivity index (χ3n) is 20.3. The first kappa shape index (κ1) is 92.0. The smallest absolute Gasteiger partial charge is 0.220 e. The van der Waals surface area contributed by atoms with E-state index in [4.69, 9.17) is 28.4 Å². The highest BCUT2D eigenvalue weighted by molar-refractivity contribution is 5.76. The summed E-state index contributed by atoms with van der Waals surface area (Å²) in [6, 6.07) is -0.999. The predicted octanol–water partition coefficient (Wildman–Crippen LogP) is 13.7. The molecule has 586 valence electrons. The van der Waals surface area contributed by atoms with Crippen molar-refractivity contribution < 1.29 is 89.4 Å². The van der Waals surface area contributed by atoms with Gasteiger partial charge in [0.25, 0.3) is 0 Å². The van der Waals surface area contributed by atoms with E-state index in [0.717, 1.165) is 44.9 Å². The van der Waals surface area contributed by atoms with Crippen molar-refractivity contribution in [2.24, 2.45) is 0 Å². The van der Waals surface area contributed by atoms with Gasteiger partial charge < -0.3 is 89.9 Å². The van der Waals surface area contributed by atoms with Crippen LogP contribution in [0.3, 0.4) is 0 Å². The van der Waals surface area contributed by atoms with E-state index in [0.29, 0.717) is 12.8 Å². The number of hydrogen-bond acceptors (Lipinski definition) is 18. The maximum absolute atomic E-state index is 13.5. The van der Waals surface area contributed by atoms with Crippen molar-refractivity contribution in [2.75, 3.05) is 26.4 Å². The van der Waals surface area contributed by atoms with Gasteiger partial charge in [0, 0.05) is 6.42 Å². The van der Waals surface area contributed by atoms with Gasteiger partial charge in [0.1, 0.15) is 73.2 Å². The molecule has 0 aliphatic carbocycles. The highest BCUT2D eigenvalue weighted by Crippen LogP contribution is 2.33. The largest absolute Gasteiger partial charge is 0.394 e. The number of aliphatic hydroxyl groups excluding tert-OH is 11. The maximum Gasteiger partial charge on any atom is 0.220 e. The summed E-state index contributed by atoms with van der Waals surface area (Å²) in [6.07, 6.45) is 51.1. The number of carbonyl (C=O) groups is 1. The van der Waals surface area contributed by atoms with Crippen molar-refractivity contribution >= 4 is 5.91 Å². The Balaban J connectivity index is 1.39. The standard InChI is InChI=1S/C81H149NO18/c1-3-5-7-9-11-13-15-17-19-21-23-25-27-29-30-31-32-33-35-36-38-40-42-44-46-48-50-52-54-56-58-65(86)64(82-69(87)59-57-55-53-51-49-47-45-43-41-39-37-34-28-26-24-22-20-18-16-14-12-10-8-6-4-2)63-95-79-75(93)72(90)77(67(61-84)97-79)100-81-76(94)73(91)78(68(62-85)98-81)99-80-74(92)71(89)70(88)66(60-83)96-80/h22,24,40,42,48,50,56,58,64-68,70-81,83-86,88-94H,3-21,23,25-39,41,43-47,49,51-55,57,59-63H2,1-2H3,(H,82,87)/b24-22-,42-40+,50-48+,58-56+. The average Bonchev–Trinajstić information content (AvgIpc) is 0.783. The molecule has 3 aliphatic heterocycles. The highest BCUT2D eigenvalue weighted by Gasteiger charge is 2.54. The Morgan fingerprint density at radius 2 is 0.640 bits per heavy atom. The first-order valence-corrected chi connectivity index (χ1v) is 40.9. The Labute approximate surface area is 605 Å². The summed E-state index contributed by atoms with van der Waals surface area (Å²) in [5, 5.41) is 121. The van der Waals surface area contributed by atoms with Crippen LogP contribution in [0.4, 0.5) is 0 Å². The zero-order valence-corrected chi connectivity index (χ0v) is 62.7. The quantitative estimate of drug-likeness (QED) is 0.0199. The Morgan fingerprint density at radius 3 is 1.00 bits per heavy atom. The second-order valence-electron chi connectivity index (χ2n) is 29.2. The van der Waals surface area contributed by atoms with Crippen molar-refractivity contribution in [3.05, 3.63) is 48.6 Å². The lowest BCUT2D eigenvalue weighted by Gasteiger charge is -2.48. The van der Waals surface area contributed by atoms with E-state index >= 15 is 0 Å². The molecule has 3 saturated heterocycles. The number of carbonyl (C=O) groups excluding carboxylic acids is 1. The maximum atomic E-state index is 13.5. The van der Waals surface area contributed by atoms with Crippen molar-refractivity contribution in [1.82, 2.24) is 5.32 Å². The Hall–Kier alpha value is -2.25. The van der Waals surface area contributed by atoms with Crippen molar-refractivity contribution in [3.63, 3.8) is 0 Å². The lowest BCUT2D eigenvalue weighted by atomic mass is 9.96. The van der Waals surface area contributed by atoms with Crippen molar-refractivity contribution in [3.8, 4) is 0 Å². The Bertz CT molecular complexity index is 1990. The Morgan fingerprint density at radius 1 is 0.350 bits per heavy atom. The fourth-order valence-electron chi connectivity index (χ4n) is 13.8. The summed E-state index contributed by atoms with van der Waals surface area (Å²) in [6.45, 7) is 1.76. The molecular formula is C81H149NO18. The molecule has 0 radical (unpaired) electrons. The minimum atomic E-state index is -1.98. The molecule has 0 aromatic heterocycles. The fraction of sp³-hybridized carbons (Fsp3) is 0.889.